The van der Waals surface area contributed by atoms with Gasteiger partial charge in [-0.05, 0) is 79.9 Å². The average molecular weight is 444 g/mol. The van der Waals surface area contributed by atoms with Gasteiger partial charge in [0.15, 0.2) is 0 Å². The van der Waals surface area contributed by atoms with Gasteiger partial charge in [0, 0.05) is 31.2 Å². The molecule has 176 valence electrons. The van der Waals surface area contributed by atoms with Crippen LogP contribution in [0.1, 0.15) is 71.3 Å². The van der Waals surface area contributed by atoms with Crippen LogP contribution in [0.5, 0.6) is 0 Å². The molecule has 3 rings (SSSR count). The lowest BCUT2D eigenvalue weighted by Gasteiger charge is -2.40. The van der Waals surface area contributed by atoms with Crippen molar-refractivity contribution in [2.75, 3.05) is 19.6 Å². The average Bonchev–Trinajstić information content (AvgIpc) is 2.87. The normalized spacial score (nSPS) is 22.8. The molecule has 2 amide bonds. The first-order chi connectivity index (χ1) is 14.6. The van der Waals surface area contributed by atoms with Gasteiger partial charge in [-0.2, -0.15) is 0 Å². The number of hydrogen-bond donors (Lipinski definition) is 0. The van der Waals surface area contributed by atoms with Crippen molar-refractivity contribution >= 4 is 24.6 Å². The summed E-state index contributed by atoms with van der Waals surface area (Å²) < 4.78 is 17.9. The Balaban J connectivity index is 1.73. The second kappa shape index (κ2) is 8.38. The molecule has 0 radical (unpaired) electrons. The number of piperazine rings is 1. The van der Waals surface area contributed by atoms with Gasteiger partial charge < -0.3 is 23.8 Å². The quantitative estimate of drug-likeness (QED) is 0.655. The van der Waals surface area contributed by atoms with Gasteiger partial charge in [-0.1, -0.05) is 11.6 Å². The Morgan fingerprint density at radius 3 is 2.22 bits per heavy atom. The zero-order valence-corrected chi connectivity index (χ0v) is 20.9. The molecule has 0 spiro atoms. The third-order valence-corrected chi connectivity index (χ3v) is 6.58. The molecule has 0 saturated carbocycles. The number of ether oxygens (including phenoxy) is 1. The summed E-state index contributed by atoms with van der Waals surface area (Å²) in [6.45, 7) is 18.9. The summed E-state index contributed by atoms with van der Waals surface area (Å²) in [7, 11) is -0.518. The van der Waals surface area contributed by atoms with Gasteiger partial charge in [-0.15, -0.1) is 0 Å². The van der Waals surface area contributed by atoms with Crippen LogP contribution in [0, 0.1) is 6.92 Å². The minimum Gasteiger partial charge on any atom is -0.444 e. The monoisotopic (exact) mass is 444 g/mol. The lowest BCUT2D eigenvalue weighted by atomic mass is 9.75. The van der Waals surface area contributed by atoms with E-state index in [1.807, 2.05) is 80.5 Å². The van der Waals surface area contributed by atoms with Gasteiger partial charge in [0.25, 0.3) is 5.91 Å². The lowest BCUT2D eigenvalue weighted by molar-refractivity contribution is 0.00198. The van der Waals surface area contributed by atoms with Gasteiger partial charge in [-0.3, -0.25) is 4.79 Å². The van der Waals surface area contributed by atoms with Gasteiger partial charge in [-0.25, -0.2) is 4.79 Å². The summed E-state index contributed by atoms with van der Waals surface area (Å²) in [6, 6.07) is 5.53. The highest BCUT2D eigenvalue weighted by molar-refractivity contribution is 6.62. The fraction of sp³-hybridized carbons (Fsp3) is 0.667. The lowest BCUT2D eigenvalue weighted by Crippen LogP contribution is -2.56. The van der Waals surface area contributed by atoms with Crippen LogP contribution in [0.4, 0.5) is 4.79 Å². The molecule has 2 aliphatic rings. The predicted molar refractivity (Wildman–Crippen MR) is 125 cm³/mol. The first-order valence-corrected chi connectivity index (χ1v) is 11.4. The highest BCUT2D eigenvalue weighted by Gasteiger charge is 2.52. The molecule has 0 N–H and O–H groups in total. The van der Waals surface area contributed by atoms with Gasteiger partial charge >= 0.3 is 13.2 Å². The number of carbonyl (C=O) groups is 2. The Hall–Kier alpha value is -2.06. The SMILES string of the molecule is Cc1ccc(C(=O)N2CCN(C(=O)OC(C)(C)C)[C@@H](C)C2)cc1B1OC(C)(C)C(C)(C)O1. The van der Waals surface area contributed by atoms with Crippen LogP contribution >= 0.6 is 0 Å². The zero-order chi connectivity index (χ0) is 24.1. The summed E-state index contributed by atoms with van der Waals surface area (Å²) in [4.78, 5) is 29.3. The minimum absolute atomic E-state index is 0.0570. The van der Waals surface area contributed by atoms with Crippen molar-refractivity contribution < 1.29 is 23.6 Å². The van der Waals surface area contributed by atoms with E-state index < -0.39 is 23.9 Å². The second-order valence-electron chi connectivity index (χ2n) is 10.9. The first kappa shape index (κ1) is 24.6. The van der Waals surface area contributed by atoms with Crippen molar-refractivity contribution in [1.82, 2.24) is 9.80 Å². The molecule has 1 aromatic rings. The highest BCUT2D eigenvalue weighted by Crippen LogP contribution is 2.36. The largest absolute Gasteiger partial charge is 0.495 e. The number of nitrogens with zero attached hydrogens (tertiary/aromatic N) is 2. The summed E-state index contributed by atoms with van der Waals surface area (Å²) in [5.41, 5.74) is 1.04. The van der Waals surface area contributed by atoms with E-state index in [1.165, 1.54) is 0 Å². The van der Waals surface area contributed by atoms with Gasteiger partial charge in [0.05, 0.1) is 11.2 Å². The van der Waals surface area contributed by atoms with E-state index in [1.54, 1.807) is 9.80 Å². The van der Waals surface area contributed by atoms with Crippen molar-refractivity contribution in [2.45, 2.75) is 85.2 Å². The molecule has 0 bridgehead atoms. The van der Waals surface area contributed by atoms with Crippen molar-refractivity contribution in [1.29, 1.82) is 0 Å². The number of benzene rings is 1. The van der Waals surface area contributed by atoms with Crippen molar-refractivity contribution in [3.05, 3.63) is 29.3 Å². The molecule has 0 aliphatic carbocycles. The van der Waals surface area contributed by atoms with Crippen LogP contribution in [-0.4, -0.2) is 71.4 Å². The molecular weight excluding hydrogens is 407 g/mol. The van der Waals surface area contributed by atoms with E-state index in [4.69, 9.17) is 14.0 Å². The van der Waals surface area contributed by atoms with E-state index in [0.29, 0.717) is 25.2 Å². The topological polar surface area (TPSA) is 68.3 Å². The number of aryl methyl sites for hydroxylation is 1. The minimum atomic E-state index is -0.546. The fourth-order valence-electron chi connectivity index (χ4n) is 3.91. The molecule has 0 aromatic heterocycles. The number of carbonyl (C=O) groups excluding carboxylic acids is 2. The van der Waals surface area contributed by atoms with Crippen LogP contribution < -0.4 is 5.46 Å². The molecule has 2 saturated heterocycles. The van der Waals surface area contributed by atoms with Gasteiger partial charge in [0.1, 0.15) is 5.60 Å². The third kappa shape index (κ3) is 4.96. The van der Waals surface area contributed by atoms with Crippen LogP contribution in [0.15, 0.2) is 18.2 Å². The molecule has 32 heavy (non-hydrogen) atoms. The Labute approximate surface area is 192 Å². The smallest absolute Gasteiger partial charge is 0.444 e. The molecule has 2 heterocycles. The highest BCUT2D eigenvalue weighted by atomic mass is 16.7. The van der Waals surface area contributed by atoms with Crippen molar-refractivity contribution in [3.63, 3.8) is 0 Å². The Morgan fingerprint density at radius 2 is 1.69 bits per heavy atom. The molecular formula is C24H37BN2O5. The van der Waals surface area contributed by atoms with E-state index in [-0.39, 0.29) is 18.0 Å². The van der Waals surface area contributed by atoms with Crippen molar-refractivity contribution in [3.8, 4) is 0 Å². The van der Waals surface area contributed by atoms with Gasteiger partial charge in [0.2, 0.25) is 0 Å². The number of hydrogen-bond acceptors (Lipinski definition) is 5. The van der Waals surface area contributed by atoms with E-state index in [9.17, 15) is 9.59 Å². The number of rotatable bonds is 2. The summed E-state index contributed by atoms with van der Waals surface area (Å²) in [5.74, 6) is -0.0570. The number of amides is 2. The molecule has 1 aromatic carbocycles. The molecule has 2 fully saturated rings. The Kier molecular flexibility index (Phi) is 6.44. The van der Waals surface area contributed by atoms with Crippen LogP contribution in [-0.2, 0) is 14.0 Å². The Morgan fingerprint density at radius 1 is 1.09 bits per heavy atom. The standard InChI is InChI=1S/C24H37BN2O5/c1-16-10-11-18(14-19(16)25-31-23(6,7)24(8,9)32-25)20(28)26-12-13-27(17(2)15-26)21(29)30-22(3,4)5/h10-11,14,17H,12-13,15H2,1-9H3/t17-/m0/s1. The van der Waals surface area contributed by atoms with Crippen molar-refractivity contribution in [2.24, 2.45) is 0 Å². The van der Waals surface area contributed by atoms with E-state index >= 15 is 0 Å². The summed E-state index contributed by atoms with van der Waals surface area (Å²) in [6.07, 6.45) is -0.338. The van der Waals surface area contributed by atoms with Crippen LogP contribution in [0.25, 0.3) is 0 Å². The maximum atomic E-state index is 13.3. The first-order valence-electron chi connectivity index (χ1n) is 11.4. The summed E-state index contributed by atoms with van der Waals surface area (Å²) >= 11 is 0. The van der Waals surface area contributed by atoms with E-state index in [2.05, 4.69) is 0 Å². The maximum absolute atomic E-state index is 13.3. The molecule has 1 atom stereocenters. The van der Waals surface area contributed by atoms with Crippen LogP contribution in [0.2, 0.25) is 0 Å². The zero-order valence-electron chi connectivity index (χ0n) is 20.9. The summed E-state index contributed by atoms with van der Waals surface area (Å²) in [5, 5.41) is 0. The second-order valence-corrected chi connectivity index (χ2v) is 10.9. The predicted octanol–water partition coefficient (Wildman–Crippen LogP) is 3.38. The Bertz CT molecular complexity index is 877. The fourth-order valence-corrected chi connectivity index (χ4v) is 3.91. The van der Waals surface area contributed by atoms with E-state index in [0.717, 1.165) is 11.0 Å². The molecule has 0 unspecified atom stereocenters. The molecule has 2 aliphatic heterocycles. The maximum Gasteiger partial charge on any atom is 0.495 e. The third-order valence-electron chi connectivity index (χ3n) is 6.58. The molecule has 7 nitrogen and oxygen atoms in total. The van der Waals surface area contributed by atoms with Crippen LogP contribution in [0.3, 0.4) is 0 Å². The molecule has 8 heteroatoms.